The van der Waals surface area contributed by atoms with Crippen LogP contribution in [0.1, 0.15) is 74.6 Å². The summed E-state index contributed by atoms with van der Waals surface area (Å²) in [4.78, 5) is 56.7. The number of amides is 3. The number of benzene rings is 2. The van der Waals surface area contributed by atoms with E-state index in [1.54, 1.807) is 45.0 Å². The second-order valence-electron chi connectivity index (χ2n) is 12.8. The number of ether oxygens (including phenoxy) is 2. The Hall–Kier alpha value is -3.27. The fourth-order valence-corrected chi connectivity index (χ4v) is 8.61. The zero-order chi connectivity index (χ0) is 32.6. The number of nitrogens with zero attached hydrogens (tertiary/aromatic N) is 2. The lowest BCUT2D eigenvalue weighted by Gasteiger charge is -2.50. The van der Waals surface area contributed by atoms with Crippen molar-refractivity contribution >= 4 is 42.2 Å². The molecule has 0 saturated carbocycles. The molecule has 240 valence electrons. The minimum absolute atomic E-state index is 0.0172. The van der Waals surface area contributed by atoms with Crippen molar-refractivity contribution in [2.24, 2.45) is 17.8 Å². The Morgan fingerprint density at radius 1 is 0.977 bits per heavy atom. The summed E-state index contributed by atoms with van der Waals surface area (Å²) >= 11 is 0. The van der Waals surface area contributed by atoms with Crippen molar-refractivity contribution in [1.82, 2.24) is 9.80 Å². The molecule has 2 heterocycles. The number of carbonyl (C=O) groups is 4. The number of hydrogen-bond acceptors (Lipinski definition) is 9. The van der Waals surface area contributed by atoms with E-state index >= 15 is 0 Å². The van der Waals surface area contributed by atoms with Gasteiger partial charge < -0.3 is 18.5 Å². The summed E-state index contributed by atoms with van der Waals surface area (Å²) in [6, 6.07) is 9.56. The molecule has 1 saturated heterocycles. The maximum atomic E-state index is 14.4. The summed E-state index contributed by atoms with van der Waals surface area (Å²) in [6.07, 6.45) is 0.101. The number of esters is 1. The largest absolute Gasteiger partial charge is 0.467 e. The summed E-state index contributed by atoms with van der Waals surface area (Å²) in [5.74, 6) is -3.51. The van der Waals surface area contributed by atoms with Crippen LogP contribution < -0.4 is 0 Å². The molecule has 2 aliphatic rings. The molecule has 2 aromatic carbocycles. The van der Waals surface area contributed by atoms with Gasteiger partial charge in [-0.25, -0.2) is 9.59 Å². The van der Waals surface area contributed by atoms with Gasteiger partial charge in [-0.15, -0.1) is 0 Å². The van der Waals surface area contributed by atoms with Crippen LogP contribution >= 0.6 is 7.60 Å². The van der Waals surface area contributed by atoms with E-state index in [1.807, 2.05) is 26.0 Å². The smallest absolute Gasteiger partial charge is 0.411 e. The van der Waals surface area contributed by atoms with Crippen LogP contribution in [0.15, 0.2) is 36.4 Å². The molecule has 0 aromatic heterocycles. The highest BCUT2D eigenvalue weighted by Crippen LogP contribution is 2.60. The lowest BCUT2D eigenvalue weighted by atomic mass is 9.75. The third kappa shape index (κ3) is 6.41. The van der Waals surface area contributed by atoms with Crippen molar-refractivity contribution in [3.05, 3.63) is 47.5 Å². The van der Waals surface area contributed by atoms with Gasteiger partial charge in [-0.1, -0.05) is 38.1 Å². The van der Waals surface area contributed by atoms with Gasteiger partial charge in [-0.3, -0.25) is 24.0 Å². The van der Waals surface area contributed by atoms with Crippen LogP contribution in [0, 0.1) is 17.8 Å². The normalized spacial score (nSPS) is 22.5. The quantitative estimate of drug-likeness (QED) is 0.183. The van der Waals surface area contributed by atoms with Crippen LogP contribution in [-0.2, 0) is 27.9 Å². The van der Waals surface area contributed by atoms with Gasteiger partial charge in [0, 0.05) is 37.3 Å². The molecule has 0 N–H and O–H groups in total. The third-order valence-corrected chi connectivity index (χ3v) is 10.7. The van der Waals surface area contributed by atoms with Crippen molar-refractivity contribution in [1.29, 1.82) is 0 Å². The van der Waals surface area contributed by atoms with Gasteiger partial charge >= 0.3 is 19.7 Å². The highest BCUT2D eigenvalue weighted by molar-refractivity contribution is 7.54. The molecule has 0 aliphatic carbocycles. The Bertz CT molecular complexity index is 1430. The SMILES string of the molecule is COC(=O)[C@@H]1C[C@H](CC(C)C)[C@@H](CCN2C(=O)c3cccc4cccc(c34)C2=O)[C@@H](P(=O)(OC)OC)N1C(=O)OC(C)(C)C. The van der Waals surface area contributed by atoms with Crippen LogP contribution in [0.4, 0.5) is 4.79 Å². The fraction of sp³-hybridized carbons (Fsp3) is 0.562. The highest BCUT2D eigenvalue weighted by Gasteiger charge is 2.57. The van der Waals surface area contributed by atoms with Crippen LogP contribution in [0.5, 0.6) is 0 Å². The summed E-state index contributed by atoms with van der Waals surface area (Å²) in [6.45, 7) is 9.11. The van der Waals surface area contributed by atoms with Crippen LogP contribution in [0.25, 0.3) is 10.8 Å². The van der Waals surface area contributed by atoms with Crippen LogP contribution in [0.3, 0.4) is 0 Å². The predicted octanol–water partition coefficient (Wildman–Crippen LogP) is 6.10. The van der Waals surface area contributed by atoms with Crippen molar-refractivity contribution in [2.75, 3.05) is 27.9 Å². The molecule has 4 rings (SSSR count). The number of hydrogen-bond donors (Lipinski definition) is 0. The third-order valence-electron chi connectivity index (χ3n) is 8.36. The lowest BCUT2D eigenvalue weighted by Crippen LogP contribution is -2.60. The Kier molecular flexibility index (Phi) is 9.93. The van der Waals surface area contributed by atoms with Crippen molar-refractivity contribution in [3.63, 3.8) is 0 Å². The number of methoxy groups -OCH3 is 1. The van der Waals surface area contributed by atoms with Gasteiger partial charge in [0.1, 0.15) is 17.4 Å². The Labute approximate surface area is 258 Å². The molecular formula is C32H43N2O9P. The molecule has 0 spiro atoms. The topological polar surface area (TPSA) is 129 Å². The molecule has 1 fully saturated rings. The monoisotopic (exact) mass is 630 g/mol. The number of rotatable bonds is 9. The molecule has 0 bridgehead atoms. The molecule has 0 radical (unpaired) electrons. The molecule has 2 aliphatic heterocycles. The molecule has 12 heteroatoms. The van der Waals surface area contributed by atoms with Crippen molar-refractivity contribution in [2.45, 2.75) is 71.3 Å². The highest BCUT2D eigenvalue weighted by atomic mass is 31.2. The van der Waals surface area contributed by atoms with Crippen LogP contribution in [-0.4, -0.2) is 79.0 Å². The zero-order valence-corrected chi connectivity index (χ0v) is 27.6. The number of imide groups is 1. The van der Waals surface area contributed by atoms with Gasteiger partial charge in [-0.05, 0) is 75.3 Å². The Balaban J connectivity index is 1.80. The fourth-order valence-electron chi connectivity index (χ4n) is 6.61. The zero-order valence-electron chi connectivity index (χ0n) is 26.7. The van der Waals surface area contributed by atoms with E-state index in [2.05, 4.69) is 0 Å². The van der Waals surface area contributed by atoms with Crippen molar-refractivity contribution in [3.8, 4) is 0 Å². The number of piperidine rings is 1. The first-order chi connectivity index (χ1) is 20.7. The molecular weight excluding hydrogens is 587 g/mol. The van der Waals surface area contributed by atoms with E-state index in [4.69, 9.17) is 18.5 Å². The maximum Gasteiger partial charge on any atom is 0.411 e. The molecule has 0 unspecified atom stereocenters. The van der Waals surface area contributed by atoms with E-state index in [9.17, 15) is 23.7 Å². The summed E-state index contributed by atoms with van der Waals surface area (Å²) in [5.41, 5.74) is -0.0768. The number of likely N-dealkylation sites (tertiary alicyclic amines) is 1. The number of carbonyl (C=O) groups excluding carboxylic acids is 4. The second kappa shape index (κ2) is 13.0. The van der Waals surface area contributed by atoms with E-state index in [0.29, 0.717) is 22.9 Å². The maximum absolute atomic E-state index is 14.4. The van der Waals surface area contributed by atoms with E-state index in [1.165, 1.54) is 26.2 Å². The first kappa shape index (κ1) is 33.6. The van der Waals surface area contributed by atoms with Crippen molar-refractivity contribution < 1.29 is 42.3 Å². The van der Waals surface area contributed by atoms with Gasteiger partial charge in [0.2, 0.25) is 0 Å². The first-order valence-corrected chi connectivity index (χ1v) is 16.5. The lowest BCUT2D eigenvalue weighted by molar-refractivity contribution is -0.151. The van der Waals surface area contributed by atoms with Gasteiger partial charge in [-0.2, -0.15) is 0 Å². The second-order valence-corrected chi connectivity index (χ2v) is 15.1. The molecule has 4 atom stereocenters. The first-order valence-electron chi connectivity index (χ1n) is 14.9. The average Bonchev–Trinajstić information content (AvgIpc) is 2.97. The Morgan fingerprint density at radius 3 is 2.02 bits per heavy atom. The molecule has 44 heavy (non-hydrogen) atoms. The van der Waals surface area contributed by atoms with Gasteiger partial charge in [0.25, 0.3) is 11.8 Å². The summed E-state index contributed by atoms with van der Waals surface area (Å²) in [5, 5.41) is 1.42. The predicted molar refractivity (Wildman–Crippen MR) is 164 cm³/mol. The van der Waals surface area contributed by atoms with E-state index in [0.717, 1.165) is 10.3 Å². The van der Waals surface area contributed by atoms with Crippen LogP contribution in [0.2, 0.25) is 0 Å². The minimum atomic E-state index is -4.12. The van der Waals surface area contributed by atoms with E-state index < -0.39 is 54.8 Å². The Morgan fingerprint density at radius 2 is 1.55 bits per heavy atom. The van der Waals surface area contributed by atoms with E-state index in [-0.39, 0.29) is 31.2 Å². The standard InChI is InChI=1S/C32H43N2O9P/c1-19(2)17-21-18-25(30(37)40-6)34(31(38)43-32(3,4)5)29(44(39,41-7)42-8)22(21)15-16-33-27(35)23-13-9-11-20-12-10-14-24(26(20)23)28(33)36/h9-14,19,21-22,25,29H,15-18H2,1-8H3/t21-,22+,25-,29+/m0/s1. The van der Waals surface area contributed by atoms with Gasteiger partial charge in [0.15, 0.2) is 0 Å². The molecule has 3 amide bonds. The summed E-state index contributed by atoms with van der Waals surface area (Å²) < 4.78 is 36.1. The van der Waals surface area contributed by atoms with Gasteiger partial charge in [0.05, 0.1) is 7.11 Å². The average molecular weight is 631 g/mol. The molecule has 11 nitrogen and oxygen atoms in total. The minimum Gasteiger partial charge on any atom is -0.467 e. The molecule has 2 aromatic rings. The summed E-state index contributed by atoms with van der Waals surface area (Å²) in [7, 11) is -0.438.